The van der Waals surface area contributed by atoms with Crippen molar-refractivity contribution in [3.63, 3.8) is 0 Å². The van der Waals surface area contributed by atoms with Crippen LogP contribution in [0.2, 0.25) is 5.02 Å². The summed E-state index contributed by atoms with van der Waals surface area (Å²) < 4.78 is 1.95. The Balaban J connectivity index is 2.03. The fraction of sp³-hybridized carbons (Fsp3) is 0.462. The molecule has 0 saturated carbocycles. The van der Waals surface area contributed by atoms with Crippen molar-refractivity contribution in [3.8, 4) is 0 Å². The quantitative estimate of drug-likeness (QED) is 0.906. The first kappa shape index (κ1) is 13.6. The number of halogens is 1. The van der Waals surface area contributed by atoms with Gasteiger partial charge in [0.2, 0.25) is 0 Å². The van der Waals surface area contributed by atoms with E-state index in [-0.39, 0.29) is 0 Å². The maximum atomic E-state index is 10.1. The fourth-order valence-corrected chi connectivity index (χ4v) is 2.79. The molecule has 0 amide bonds. The molecule has 0 fully saturated rings. The summed E-state index contributed by atoms with van der Waals surface area (Å²) in [6.07, 6.45) is 3.02. The summed E-state index contributed by atoms with van der Waals surface area (Å²) in [6.45, 7) is 4.26. The smallest absolute Gasteiger partial charge is 0.0938 e. The van der Waals surface area contributed by atoms with Gasteiger partial charge < -0.3 is 5.11 Å². The van der Waals surface area contributed by atoms with Gasteiger partial charge in [0.05, 0.1) is 16.8 Å². The number of hydrogen-bond donors (Lipinski definition) is 1. The minimum atomic E-state index is -0.525. The Labute approximate surface area is 116 Å². The lowest BCUT2D eigenvalue weighted by molar-refractivity contribution is 0.180. The maximum absolute atomic E-state index is 10.1. The third kappa shape index (κ3) is 3.13. The molecule has 0 bridgehead atoms. The van der Waals surface area contributed by atoms with E-state index >= 15 is 0 Å². The molecule has 1 N–H and O–H groups in total. The van der Waals surface area contributed by atoms with Crippen molar-refractivity contribution in [1.82, 2.24) is 9.78 Å². The van der Waals surface area contributed by atoms with Crippen molar-refractivity contribution in [2.75, 3.05) is 0 Å². The van der Waals surface area contributed by atoms with Gasteiger partial charge in [-0.1, -0.05) is 18.5 Å². The monoisotopic (exact) mass is 284 g/mol. The van der Waals surface area contributed by atoms with Crippen LogP contribution >= 0.6 is 22.9 Å². The van der Waals surface area contributed by atoms with E-state index in [1.165, 1.54) is 11.3 Å². The summed E-state index contributed by atoms with van der Waals surface area (Å²) in [7, 11) is 0. The van der Waals surface area contributed by atoms with Crippen molar-refractivity contribution < 1.29 is 5.11 Å². The molecule has 2 atom stereocenters. The standard InChI is InChI=1S/C13H17ClN2OS/c1-3-9(2)16-5-4-11(15-16)7-12(17)13-6-10(14)8-18-13/h4-6,8-9,12,17H,3,7H2,1-2H3. The number of rotatable bonds is 5. The van der Waals surface area contributed by atoms with Crippen molar-refractivity contribution >= 4 is 22.9 Å². The van der Waals surface area contributed by atoms with Gasteiger partial charge in [0.1, 0.15) is 0 Å². The largest absolute Gasteiger partial charge is 0.387 e. The summed E-state index contributed by atoms with van der Waals surface area (Å²) in [4.78, 5) is 0.887. The van der Waals surface area contributed by atoms with E-state index in [1.54, 1.807) is 0 Å². The van der Waals surface area contributed by atoms with E-state index < -0.39 is 6.10 Å². The lowest BCUT2D eigenvalue weighted by Crippen LogP contribution is -2.06. The van der Waals surface area contributed by atoms with Crippen LogP contribution in [0.4, 0.5) is 0 Å². The average molecular weight is 285 g/mol. The highest BCUT2D eigenvalue weighted by atomic mass is 35.5. The molecule has 3 nitrogen and oxygen atoms in total. The Kier molecular flexibility index (Phi) is 4.43. The minimum absolute atomic E-state index is 0.395. The van der Waals surface area contributed by atoms with E-state index in [1.807, 2.05) is 28.4 Å². The van der Waals surface area contributed by atoms with E-state index in [4.69, 9.17) is 11.6 Å². The zero-order valence-corrected chi connectivity index (χ0v) is 12.1. The Morgan fingerprint density at radius 3 is 2.94 bits per heavy atom. The van der Waals surface area contributed by atoms with E-state index in [2.05, 4.69) is 18.9 Å². The molecule has 2 unspecified atom stereocenters. The molecule has 2 aromatic rings. The predicted octanol–water partition coefficient (Wildman–Crippen LogP) is 3.85. The molecule has 0 radical (unpaired) electrons. The molecular formula is C13H17ClN2OS. The Hall–Kier alpha value is -0.840. The summed E-state index contributed by atoms with van der Waals surface area (Å²) in [5.74, 6) is 0. The zero-order valence-electron chi connectivity index (χ0n) is 10.5. The topological polar surface area (TPSA) is 38.0 Å². The van der Waals surface area contributed by atoms with E-state index in [0.717, 1.165) is 17.0 Å². The van der Waals surface area contributed by atoms with Crippen molar-refractivity contribution in [2.24, 2.45) is 0 Å². The Bertz CT molecular complexity index is 509. The predicted molar refractivity (Wildman–Crippen MR) is 75.2 cm³/mol. The van der Waals surface area contributed by atoms with Gasteiger partial charge in [0, 0.05) is 28.9 Å². The second-order valence-corrected chi connectivity index (χ2v) is 5.81. The lowest BCUT2D eigenvalue weighted by atomic mass is 10.2. The van der Waals surface area contributed by atoms with Gasteiger partial charge >= 0.3 is 0 Å². The molecule has 98 valence electrons. The van der Waals surface area contributed by atoms with Crippen molar-refractivity contribution in [2.45, 2.75) is 38.8 Å². The first-order chi connectivity index (χ1) is 8.60. The molecule has 0 aliphatic rings. The second kappa shape index (κ2) is 5.87. The van der Waals surface area contributed by atoms with Crippen molar-refractivity contribution in [1.29, 1.82) is 0 Å². The van der Waals surface area contributed by atoms with Crippen LogP contribution in [0.3, 0.4) is 0 Å². The number of aliphatic hydroxyl groups excluding tert-OH is 1. The zero-order chi connectivity index (χ0) is 13.1. The normalized spacial score (nSPS) is 14.7. The first-order valence-corrected chi connectivity index (χ1v) is 7.32. The molecule has 0 aliphatic carbocycles. The molecule has 2 heterocycles. The molecule has 0 spiro atoms. The molecule has 2 rings (SSSR count). The highest BCUT2D eigenvalue weighted by Crippen LogP contribution is 2.27. The van der Waals surface area contributed by atoms with E-state index in [9.17, 15) is 5.11 Å². The Morgan fingerprint density at radius 2 is 2.33 bits per heavy atom. The molecule has 2 aromatic heterocycles. The number of nitrogens with zero attached hydrogens (tertiary/aromatic N) is 2. The molecule has 18 heavy (non-hydrogen) atoms. The van der Waals surface area contributed by atoms with Crippen LogP contribution in [0.5, 0.6) is 0 Å². The van der Waals surface area contributed by atoms with Gasteiger partial charge in [0.15, 0.2) is 0 Å². The highest BCUT2D eigenvalue weighted by Gasteiger charge is 2.13. The van der Waals surface area contributed by atoms with Crippen LogP contribution in [0.25, 0.3) is 0 Å². The third-order valence-corrected chi connectivity index (χ3v) is 4.41. The fourth-order valence-electron chi connectivity index (χ4n) is 1.72. The van der Waals surface area contributed by atoms with E-state index in [0.29, 0.717) is 17.5 Å². The summed E-state index contributed by atoms with van der Waals surface area (Å²) in [5.41, 5.74) is 0.910. The average Bonchev–Trinajstić information content (AvgIpc) is 2.97. The molecule has 0 saturated heterocycles. The lowest BCUT2D eigenvalue weighted by Gasteiger charge is -2.09. The van der Waals surface area contributed by atoms with Gasteiger partial charge in [0.25, 0.3) is 0 Å². The first-order valence-electron chi connectivity index (χ1n) is 6.06. The van der Waals surface area contributed by atoms with Gasteiger partial charge in [-0.2, -0.15) is 5.10 Å². The second-order valence-electron chi connectivity index (χ2n) is 4.43. The molecule has 5 heteroatoms. The van der Waals surface area contributed by atoms with Crippen LogP contribution in [0, 0.1) is 0 Å². The number of hydrogen-bond acceptors (Lipinski definition) is 3. The third-order valence-electron chi connectivity index (χ3n) is 3.02. The van der Waals surface area contributed by atoms with Crippen LogP contribution < -0.4 is 0 Å². The maximum Gasteiger partial charge on any atom is 0.0938 e. The summed E-state index contributed by atoms with van der Waals surface area (Å²) >= 11 is 7.33. The number of aromatic nitrogens is 2. The number of thiophene rings is 1. The van der Waals surface area contributed by atoms with Crippen LogP contribution in [-0.4, -0.2) is 14.9 Å². The van der Waals surface area contributed by atoms with Gasteiger partial charge in [-0.25, -0.2) is 0 Å². The van der Waals surface area contributed by atoms with Crippen LogP contribution in [0.1, 0.15) is 43.0 Å². The molecule has 0 aliphatic heterocycles. The summed E-state index contributed by atoms with van der Waals surface area (Å²) in [5, 5.41) is 17.1. The van der Waals surface area contributed by atoms with Crippen LogP contribution in [-0.2, 0) is 6.42 Å². The summed E-state index contributed by atoms with van der Waals surface area (Å²) in [6, 6.07) is 4.17. The number of aliphatic hydroxyl groups is 1. The molecule has 0 aromatic carbocycles. The van der Waals surface area contributed by atoms with Crippen molar-refractivity contribution in [3.05, 3.63) is 39.3 Å². The SMILES string of the molecule is CCC(C)n1ccc(CC(O)c2cc(Cl)cs2)n1. The highest BCUT2D eigenvalue weighted by molar-refractivity contribution is 7.10. The Morgan fingerprint density at radius 1 is 1.56 bits per heavy atom. The molecular weight excluding hydrogens is 268 g/mol. The van der Waals surface area contributed by atoms with Crippen LogP contribution in [0.15, 0.2) is 23.7 Å². The van der Waals surface area contributed by atoms with Gasteiger partial charge in [-0.05, 0) is 25.5 Å². The van der Waals surface area contributed by atoms with Gasteiger partial charge in [-0.3, -0.25) is 4.68 Å². The minimum Gasteiger partial charge on any atom is -0.387 e. The van der Waals surface area contributed by atoms with Gasteiger partial charge in [-0.15, -0.1) is 11.3 Å².